The normalized spacial score (nSPS) is 10.3. The van der Waals surface area contributed by atoms with E-state index in [0.717, 1.165) is 0 Å². The van der Waals surface area contributed by atoms with Crippen LogP contribution >= 0.6 is 0 Å². The first-order valence-corrected chi connectivity index (χ1v) is 7.00. The van der Waals surface area contributed by atoms with Crippen LogP contribution < -0.4 is 9.47 Å². The lowest BCUT2D eigenvalue weighted by Crippen LogP contribution is -1.87. The number of rotatable bonds is 4. The van der Waals surface area contributed by atoms with Gasteiger partial charge < -0.3 is 29.9 Å². The molecule has 122 valence electrons. The van der Waals surface area contributed by atoms with E-state index >= 15 is 0 Å². The van der Waals surface area contributed by atoms with Gasteiger partial charge >= 0.3 is 0 Å². The van der Waals surface area contributed by atoms with Crippen LogP contribution in [0.5, 0.6) is 46.0 Å². The average Bonchev–Trinajstić information content (AvgIpc) is 2.51. The average molecular weight is 326 g/mol. The highest BCUT2D eigenvalue weighted by Crippen LogP contribution is 2.37. The maximum absolute atomic E-state index is 10.0. The molecular weight excluding hydrogens is 312 g/mol. The zero-order valence-electron chi connectivity index (χ0n) is 12.4. The molecule has 0 heterocycles. The van der Waals surface area contributed by atoms with E-state index in [-0.39, 0.29) is 34.5 Å². The fourth-order valence-electron chi connectivity index (χ4n) is 2.05. The summed E-state index contributed by atoms with van der Waals surface area (Å²) in [5, 5.41) is 38.1. The first-order chi connectivity index (χ1) is 11.5. The van der Waals surface area contributed by atoms with Crippen LogP contribution in [-0.4, -0.2) is 20.4 Å². The van der Waals surface area contributed by atoms with Crippen molar-refractivity contribution >= 4 is 0 Å². The van der Waals surface area contributed by atoms with Gasteiger partial charge in [0.05, 0.1) is 0 Å². The van der Waals surface area contributed by atoms with Crippen molar-refractivity contribution in [2.45, 2.75) is 0 Å². The second-order valence-electron chi connectivity index (χ2n) is 5.01. The molecule has 0 aromatic heterocycles. The van der Waals surface area contributed by atoms with Gasteiger partial charge in [-0.05, 0) is 36.4 Å². The number of benzene rings is 3. The Balaban J connectivity index is 1.78. The van der Waals surface area contributed by atoms with Gasteiger partial charge in [-0.15, -0.1) is 0 Å². The van der Waals surface area contributed by atoms with E-state index < -0.39 is 0 Å². The molecule has 0 amide bonds. The molecule has 0 atom stereocenters. The van der Waals surface area contributed by atoms with Crippen molar-refractivity contribution in [2.75, 3.05) is 0 Å². The van der Waals surface area contributed by atoms with Crippen molar-refractivity contribution in [1.29, 1.82) is 0 Å². The lowest BCUT2D eigenvalue weighted by atomic mass is 10.2. The zero-order valence-corrected chi connectivity index (χ0v) is 12.4. The van der Waals surface area contributed by atoms with Crippen LogP contribution in [0.2, 0.25) is 0 Å². The molecule has 0 aliphatic carbocycles. The number of phenols is 4. The van der Waals surface area contributed by atoms with Crippen molar-refractivity contribution in [3.63, 3.8) is 0 Å². The predicted molar refractivity (Wildman–Crippen MR) is 86.1 cm³/mol. The molecule has 24 heavy (non-hydrogen) atoms. The predicted octanol–water partition coefficient (Wildman–Crippen LogP) is 4.09. The van der Waals surface area contributed by atoms with Crippen molar-refractivity contribution in [1.82, 2.24) is 0 Å². The number of hydrogen-bond donors (Lipinski definition) is 4. The molecule has 3 aromatic rings. The second kappa shape index (κ2) is 6.29. The molecule has 0 unspecified atom stereocenters. The maximum Gasteiger partial charge on any atom is 0.169 e. The van der Waals surface area contributed by atoms with E-state index in [9.17, 15) is 20.4 Å². The molecule has 0 saturated heterocycles. The highest BCUT2D eigenvalue weighted by atomic mass is 16.5. The Hall–Kier alpha value is -3.54. The lowest BCUT2D eigenvalue weighted by molar-refractivity contribution is 0.397. The van der Waals surface area contributed by atoms with Crippen LogP contribution in [0.4, 0.5) is 0 Å². The van der Waals surface area contributed by atoms with Gasteiger partial charge in [0.15, 0.2) is 11.5 Å². The van der Waals surface area contributed by atoms with Crippen molar-refractivity contribution < 1.29 is 29.9 Å². The molecule has 6 nitrogen and oxygen atoms in total. The first kappa shape index (κ1) is 15.4. The Kier molecular flexibility index (Phi) is 4.03. The highest BCUT2D eigenvalue weighted by Gasteiger charge is 2.08. The van der Waals surface area contributed by atoms with Gasteiger partial charge in [0, 0.05) is 24.3 Å². The van der Waals surface area contributed by atoms with Crippen molar-refractivity contribution in [2.24, 2.45) is 0 Å². The molecule has 4 N–H and O–H groups in total. The summed E-state index contributed by atoms with van der Waals surface area (Å²) in [5.74, 6) is 0.835. The Morgan fingerprint density at radius 3 is 1.75 bits per heavy atom. The summed E-state index contributed by atoms with van der Waals surface area (Å²) in [6.45, 7) is 0. The molecule has 0 aliphatic rings. The lowest BCUT2D eigenvalue weighted by Gasteiger charge is -2.11. The van der Waals surface area contributed by atoms with E-state index in [0.29, 0.717) is 11.5 Å². The third-order valence-corrected chi connectivity index (χ3v) is 3.11. The minimum absolute atomic E-state index is 0.128. The Morgan fingerprint density at radius 1 is 0.500 bits per heavy atom. The molecule has 0 fully saturated rings. The van der Waals surface area contributed by atoms with Crippen LogP contribution in [0.25, 0.3) is 0 Å². The smallest absolute Gasteiger partial charge is 0.169 e. The van der Waals surface area contributed by atoms with Gasteiger partial charge in [-0.3, -0.25) is 0 Å². The summed E-state index contributed by atoms with van der Waals surface area (Å²) in [6.07, 6.45) is 0. The summed E-state index contributed by atoms with van der Waals surface area (Å²) >= 11 is 0. The minimum Gasteiger partial charge on any atom is -0.508 e. The maximum atomic E-state index is 10.0. The molecule has 0 bridgehead atoms. The summed E-state index contributed by atoms with van der Waals surface area (Å²) in [7, 11) is 0. The number of ether oxygens (including phenoxy) is 2. The third-order valence-electron chi connectivity index (χ3n) is 3.11. The Morgan fingerprint density at radius 2 is 1.12 bits per heavy atom. The quantitative estimate of drug-likeness (QED) is 0.576. The van der Waals surface area contributed by atoms with Crippen molar-refractivity contribution in [3.05, 3.63) is 60.7 Å². The van der Waals surface area contributed by atoms with Crippen LogP contribution in [-0.2, 0) is 0 Å². The van der Waals surface area contributed by atoms with Crippen LogP contribution in [0.15, 0.2) is 60.7 Å². The number of aromatic hydroxyl groups is 4. The molecular formula is C18H14O6. The first-order valence-electron chi connectivity index (χ1n) is 7.00. The van der Waals surface area contributed by atoms with Crippen LogP contribution in [0, 0.1) is 0 Å². The zero-order chi connectivity index (χ0) is 17.1. The monoisotopic (exact) mass is 326 g/mol. The fraction of sp³-hybridized carbons (Fsp3) is 0. The highest BCUT2D eigenvalue weighted by molar-refractivity contribution is 5.49. The number of hydrogen-bond acceptors (Lipinski definition) is 6. The van der Waals surface area contributed by atoms with Gasteiger partial charge in [0.25, 0.3) is 0 Å². The Labute approximate surface area is 137 Å². The summed E-state index contributed by atoms with van der Waals surface area (Å²) in [5.41, 5.74) is 0. The summed E-state index contributed by atoms with van der Waals surface area (Å²) in [6, 6.07) is 14.4. The van der Waals surface area contributed by atoms with Gasteiger partial charge in [0.2, 0.25) is 0 Å². The molecule has 3 rings (SSSR count). The van der Waals surface area contributed by atoms with Crippen molar-refractivity contribution in [3.8, 4) is 46.0 Å². The standard InChI is InChI=1S/C18H14O6/c19-11-1-3-14(4-2-11)23-15-5-6-18(17(22)10-15)24-16-8-12(20)7-13(21)9-16/h1-10,19-22H. The molecule has 0 aliphatic heterocycles. The third kappa shape index (κ3) is 3.61. The van der Waals surface area contributed by atoms with E-state index in [1.807, 2.05) is 0 Å². The van der Waals surface area contributed by atoms with E-state index in [1.54, 1.807) is 18.2 Å². The van der Waals surface area contributed by atoms with E-state index in [2.05, 4.69) is 0 Å². The molecule has 6 heteroatoms. The Bertz CT molecular complexity index is 838. The molecule has 0 spiro atoms. The SMILES string of the molecule is Oc1ccc(Oc2ccc(Oc3cc(O)cc(O)c3)c(O)c2)cc1. The largest absolute Gasteiger partial charge is 0.508 e. The molecule has 0 radical (unpaired) electrons. The van der Waals surface area contributed by atoms with E-state index in [1.165, 1.54) is 42.5 Å². The summed E-state index contributed by atoms with van der Waals surface area (Å²) < 4.78 is 11.0. The van der Waals surface area contributed by atoms with Gasteiger partial charge in [-0.2, -0.15) is 0 Å². The second-order valence-corrected chi connectivity index (χ2v) is 5.01. The number of phenolic OH excluding ortho intramolecular Hbond substituents is 4. The fourth-order valence-corrected chi connectivity index (χ4v) is 2.05. The van der Waals surface area contributed by atoms with E-state index in [4.69, 9.17) is 9.47 Å². The minimum atomic E-state index is -0.172. The molecule has 0 saturated carbocycles. The molecule has 3 aromatic carbocycles. The van der Waals surface area contributed by atoms with Gasteiger partial charge in [0.1, 0.15) is 34.5 Å². The van der Waals surface area contributed by atoms with Crippen LogP contribution in [0.1, 0.15) is 0 Å². The van der Waals surface area contributed by atoms with Gasteiger partial charge in [-0.25, -0.2) is 0 Å². The summed E-state index contributed by atoms with van der Waals surface area (Å²) in [4.78, 5) is 0. The topological polar surface area (TPSA) is 99.4 Å². The van der Waals surface area contributed by atoms with Crippen LogP contribution in [0.3, 0.4) is 0 Å². The van der Waals surface area contributed by atoms with Gasteiger partial charge in [-0.1, -0.05) is 0 Å².